The van der Waals surface area contributed by atoms with Crippen molar-refractivity contribution in [3.63, 3.8) is 0 Å². The minimum atomic E-state index is 0.687. The number of hydrogen-bond donors (Lipinski definition) is 1. The molecular formula is C13H20N4. The van der Waals surface area contributed by atoms with Gasteiger partial charge in [-0.25, -0.2) is 4.98 Å². The summed E-state index contributed by atoms with van der Waals surface area (Å²) in [5.74, 6) is 1.21. The summed E-state index contributed by atoms with van der Waals surface area (Å²) in [6, 6.07) is 2.18. The van der Waals surface area contributed by atoms with Crippen molar-refractivity contribution in [1.82, 2.24) is 14.9 Å². The maximum absolute atomic E-state index is 4.59. The Hall–Kier alpha value is -1.03. The predicted molar refractivity (Wildman–Crippen MR) is 67.3 cm³/mol. The molecule has 2 bridgehead atoms. The normalized spacial score (nSPS) is 32.8. The lowest BCUT2D eigenvalue weighted by atomic mass is 10.1. The van der Waals surface area contributed by atoms with E-state index < -0.39 is 0 Å². The molecule has 1 saturated carbocycles. The lowest BCUT2D eigenvalue weighted by Crippen LogP contribution is -2.36. The van der Waals surface area contributed by atoms with Gasteiger partial charge in [0.1, 0.15) is 0 Å². The Balaban J connectivity index is 1.58. The van der Waals surface area contributed by atoms with Crippen molar-refractivity contribution in [2.45, 2.75) is 50.2 Å². The molecule has 1 aromatic heterocycles. The van der Waals surface area contributed by atoms with Crippen LogP contribution in [0.15, 0.2) is 12.4 Å². The molecule has 2 atom stereocenters. The van der Waals surface area contributed by atoms with Crippen LogP contribution in [0, 0.1) is 0 Å². The van der Waals surface area contributed by atoms with Gasteiger partial charge in [0.25, 0.3) is 0 Å². The standard InChI is InChI=1S/C13H20N4/c1-2-11-9-16(7-5-10(1)15-11)13-14-6-8-17(13)12-3-4-12/h6,8,10-12,15H,1-5,7,9H2. The van der Waals surface area contributed by atoms with Crippen molar-refractivity contribution in [3.05, 3.63) is 12.4 Å². The Morgan fingerprint density at radius 2 is 2.00 bits per heavy atom. The number of imidazole rings is 1. The number of rotatable bonds is 2. The van der Waals surface area contributed by atoms with Crippen molar-refractivity contribution in [2.75, 3.05) is 18.0 Å². The second kappa shape index (κ2) is 3.73. The molecule has 4 nitrogen and oxygen atoms in total. The van der Waals surface area contributed by atoms with Crippen LogP contribution in [0.2, 0.25) is 0 Å². The van der Waals surface area contributed by atoms with Crippen LogP contribution >= 0.6 is 0 Å². The monoisotopic (exact) mass is 232 g/mol. The number of anilines is 1. The van der Waals surface area contributed by atoms with Crippen LogP contribution in [-0.2, 0) is 0 Å². The zero-order chi connectivity index (χ0) is 11.2. The second-order valence-electron chi connectivity index (χ2n) is 5.74. The first-order valence-electron chi connectivity index (χ1n) is 6.94. The molecule has 3 aliphatic rings. The van der Waals surface area contributed by atoms with E-state index in [4.69, 9.17) is 0 Å². The molecule has 1 aliphatic carbocycles. The molecule has 1 aromatic rings. The third-order valence-electron chi connectivity index (χ3n) is 4.39. The van der Waals surface area contributed by atoms with Gasteiger partial charge in [-0.15, -0.1) is 0 Å². The number of fused-ring (bicyclic) bond motifs is 2. The van der Waals surface area contributed by atoms with Crippen LogP contribution < -0.4 is 10.2 Å². The molecule has 0 radical (unpaired) electrons. The Labute approximate surface area is 102 Å². The third kappa shape index (κ3) is 1.75. The topological polar surface area (TPSA) is 33.1 Å². The summed E-state index contributed by atoms with van der Waals surface area (Å²) >= 11 is 0. The van der Waals surface area contributed by atoms with E-state index >= 15 is 0 Å². The van der Waals surface area contributed by atoms with Crippen LogP contribution in [0.25, 0.3) is 0 Å². The van der Waals surface area contributed by atoms with Gasteiger partial charge in [0.05, 0.1) is 0 Å². The van der Waals surface area contributed by atoms with E-state index in [0.717, 1.165) is 25.2 Å². The molecule has 2 unspecified atom stereocenters. The van der Waals surface area contributed by atoms with E-state index in [2.05, 4.69) is 26.0 Å². The van der Waals surface area contributed by atoms with E-state index in [1.54, 1.807) is 0 Å². The Morgan fingerprint density at radius 1 is 1.12 bits per heavy atom. The smallest absolute Gasteiger partial charge is 0.205 e. The first-order chi connectivity index (χ1) is 8.40. The Bertz CT molecular complexity index is 409. The van der Waals surface area contributed by atoms with Gasteiger partial charge in [0.15, 0.2) is 0 Å². The van der Waals surface area contributed by atoms with Crippen molar-refractivity contribution < 1.29 is 0 Å². The third-order valence-corrected chi connectivity index (χ3v) is 4.39. The molecule has 0 aromatic carbocycles. The fourth-order valence-electron chi connectivity index (χ4n) is 3.31. The van der Waals surface area contributed by atoms with Crippen molar-refractivity contribution in [3.8, 4) is 0 Å². The van der Waals surface area contributed by atoms with Crippen molar-refractivity contribution >= 4 is 5.95 Å². The number of nitrogens with one attached hydrogen (secondary N) is 1. The molecule has 2 aliphatic heterocycles. The molecule has 0 spiro atoms. The van der Waals surface area contributed by atoms with Gasteiger partial charge in [0, 0.05) is 43.6 Å². The molecule has 0 amide bonds. The zero-order valence-corrected chi connectivity index (χ0v) is 10.2. The molecule has 4 rings (SSSR count). The molecule has 17 heavy (non-hydrogen) atoms. The van der Waals surface area contributed by atoms with E-state index in [1.165, 1.54) is 38.1 Å². The van der Waals surface area contributed by atoms with Gasteiger partial charge >= 0.3 is 0 Å². The number of aromatic nitrogens is 2. The van der Waals surface area contributed by atoms with Gasteiger partial charge in [0.2, 0.25) is 5.95 Å². The molecule has 92 valence electrons. The highest BCUT2D eigenvalue weighted by molar-refractivity contribution is 5.34. The van der Waals surface area contributed by atoms with Gasteiger partial charge in [-0.2, -0.15) is 0 Å². The lowest BCUT2D eigenvalue weighted by Gasteiger charge is -2.26. The Morgan fingerprint density at radius 3 is 2.88 bits per heavy atom. The summed E-state index contributed by atoms with van der Waals surface area (Å²) in [5, 5.41) is 3.73. The highest BCUT2D eigenvalue weighted by atomic mass is 15.3. The maximum Gasteiger partial charge on any atom is 0.205 e. The van der Waals surface area contributed by atoms with E-state index in [9.17, 15) is 0 Å². The van der Waals surface area contributed by atoms with Crippen molar-refractivity contribution in [2.24, 2.45) is 0 Å². The zero-order valence-electron chi connectivity index (χ0n) is 10.2. The van der Waals surface area contributed by atoms with Gasteiger partial charge in [-0.1, -0.05) is 0 Å². The van der Waals surface area contributed by atoms with Crippen molar-refractivity contribution in [1.29, 1.82) is 0 Å². The molecular weight excluding hydrogens is 212 g/mol. The van der Waals surface area contributed by atoms with E-state index in [0.29, 0.717) is 6.04 Å². The van der Waals surface area contributed by atoms with Crippen LogP contribution in [0.1, 0.15) is 38.1 Å². The summed E-state index contributed by atoms with van der Waals surface area (Å²) < 4.78 is 2.39. The minimum absolute atomic E-state index is 0.687. The maximum atomic E-state index is 4.59. The van der Waals surface area contributed by atoms with Gasteiger partial charge in [-0.3, -0.25) is 0 Å². The summed E-state index contributed by atoms with van der Waals surface area (Å²) in [6.07, 6.45) is 10.8. The van der Waals surface area contributed by atoms with E-state index in [1.807, 2.05) is 6.20 Å². The largest absolute Gasteiger partial charge is 0.341 e. The lowest BCUT2D eigenvalue weighted by molar-refractivity contribution is 0.563. The van der Waals surface area contributed by atoms with E-state index in [-0.39, 0.29) is 0 Å². The summed E-state index contributed by atoms with van der Waals surface area (Å²) in [6.45, 7) is 2.30. The number of hydrogen-bond acceptors (Lipinski definition) is 3. The average molecular weight is 232 g/mol. The first kappa shape index (κ1) is 9.95. The quantitative estimate of drug-likeness (QED) is 0.840. The molecule has 3 fully saturated rings. The highest BCUT2D eigenvalue weighted by Gasteiger charge is 2.32. The summed E-state index contributed by atoms with van der Waals surface area (Å²) in [7, 11) is 0. The molecule has 1 N–H and O–H groups in total. The van der Waals surface area contributed by atoms with Gasteiger partial charge < -0.3 is 14.8 Å². The van der Waals surface area contributed by atoms with Crippen LogP contribution in [0.3, 0.4) is 0 Å². The van der Waals surface area contributed by atoms with Crippen LogP contribution in [0.4, 0.5) is 5.95 Å². The minimum Gasteiger partial charge on any atom is -0.341 e. The van der Waals surface area contributed by atoms with Crippen LogP contribution in [-0.4, -0.2) is 34.7 Å². The molecule has 2 saturated heterocycles. The average Bonchev–Trinajstić information content (AvgIpc) is 2.94. The summed E-state index contributed by atoms with van der Waals surface area (Å²) in [5.41, 5.74) is 0. The SMILES string of the molecule is c1cn(C2CC2)c(N2CCC3CCC(C2)N3)n1. The molecule has 3 heterocycles. The first-order valence-corrected chi connectivity index (χ1v) is 6.94. The molecule has 4 heteroatoms. The second-order valence-corrected chi connectivity index (χ2v) is 5.74. The fourth-order valence-corrected chi connectivity index (χ4v) is 3.31. The van der Waals surface area contributed by atoms with Crippen LogP contribution in [0.5, 0.6) is 0 Å². The fraction of sp³-hybridized carbons (Fsp3) is 0.769. The number of nitrogens with zero attached hydrogens (tertiary/aromatic N) is 3. The predicted octanol–water partition coefficient (Wildman–Crippen LogP) is 1.55. The summed E-state index contributed by atoms with van der Waals surface area (Å²) in [4.78, 5) is 7.08. The highest BCUT2D eigenvalue weighted by Crippen LogP contribution is 2.38. The van der Waals surface area contributed by atoms with Gasteiger partial charge in [-0.05, 0) is 32.1 Å². The Kier molecular flexibility index (Phi) is 2.18.